The highest BCUT2D eigenvalue weighted by Gasteiger charge is 2.28. The molecule has 0 aliphatic heterocycles. The molecule has 3 N–H and O–H groups in total. The number of nitrogens with two attached hydrogens (primary N) is 1. The molecule has 140 valence electrons. The molecule has 9 heteroatoms. The number of anilines is 2. The van der Waals surface area contributed by atoms with E-state index >= 15 is 0 Å². The summed E-state index contributed by atoms with van der Waals surface area (Å²) in [7, 11) is -4.22. The average molecular weight is 425 g/mol. The summed E-state index contributed by atoms with van der Waals surface area (Å²) in [4.78, 5) is 11.1. The summed E-state index contributed by atoms with van der Waals surface area (Å²) >= 11 is 11.8. The Morgan fingerprint density at radius 2 is 1.59 bits per heavy atom. The Balaban J connectivity index is 2.17. The number of carbonyl (C=O) groups is 1. The van der Waals surface area contributed by atoms with Gasteiger partial charge in [0.2, 0.25) is 0 Å². The number of nitrogens with zero attached hydrogens (tertiary/aromatic N) is 1. The van der Waals surface area contributed by atoms with Gasteiger partial charge in [0.1, 0.15) is 6.54 Å². The Hall–Kier alpha value is -2.48. The summed E-state index contributed by atoms with van der Waals surface area (Å²) in [5.74, 6) is -1.31. The molecule has 27 heavy (non-hydrogen) atoms. The molecule has 0 amide bonds. The van der Waals surface area contributed by atoms with Crippen LogP contribution in [0.1, 0.15) is 0 Å². The molecule has 0 spiro atoms. The third-order valence-electron chi connectivity index (χ3n) is 3.84. The number of hydrogen-bond donors (Lipinski definition) is 2. The van der Waals surface area contributed by atoms with Gasteiger partial charge in [0, 0.05) is 15.7 Å². The minimum Gasteiger partial charge on any atom is -0.480 e. The van der Waals surface area contributed by atoms with Gasteiger partial charge in [-0.15, -0.1) is 0 Å². The van der Waals surface area contributed by atoms with Crippen molar-refractivity contribution in [2.45, 2.75) is 4.90 Å². The normalized spacial score (nSPS) is 11.5. The van der Waals surface area contributed by atoms with E-state index in [9.17, 15) is 18.3 Å². The number of benzene rings is 3. The predicted octanol–water partition coefficient (Wildman–Crippen LogP) is 4.01. The number of halogens is 2. The molecule has 0 radical (unpaired) electrons. The minimum absolute atomic E-state index is 0.127. The average Bonchev–Trinajstić information content (AvgIpc) is 2.58. The predicted molar refractivity (Wildman–Crippen MR) is 107 cm³/mol. The maximum Gasteiger partial charge on any atom is 0.324 e. The second kappa shape index (κ2) is 7.26. The molecular weight excluding hydrogens is 411 g/mol. The van der Waals surface area contributed by atoms with E-state index < -0.39 is 22.5 Å². The number of aliphatic carboxylic acids is 1. The lowest BCUT2D eigenvalue weighted by atomic mass is 10.1. The van der Waals surface area contributed by atoms with Crippen LogP contribution in [0.15, 0.2) is 59.5 Å². The Labute approximate surface area is 165 Å². The van der Waals surface area contributed by atoms with E-state index in [1.54, 1.807) is 30.3 Å². The number of nitrogen functional groups attached to an aromatic ring is 1. The number of sulfonamides is 1. The summed E-state index contributed by atoms with van der Waals surface area (Å²) in [5.41, 5.74) is 6.48. The molecule has 0 unspecified atom stereocenters. The zero-order valence-electron chi connectivity index (χ0n) is 13.8. The van der Waals surface area contributed by atoms with Gasteiger partial charge in [-0.3, -0.25) is 9.10 Å². The molecule has 0 fully saturated rings. The van der Waals surface area contributed by atoms with E-state index in [1.165, 1.54) is 24.3 Å². The number of rotatable bonds is 5. The second-order valence-corrected chi connectivity index (χ2v) is 8.54. The fourth-order valence-corrected chi connectivity index (χ4v) is 4.78. The maximum absolute atomic E-state index is 13.1. The van der Waals surface area contributed by atoms with Gasteiger partial charge in [-0.2, -0.15) is 0 Å². The van der Waals surface area contributed by atoms with Crippen molar-refractivity contribution in [3.05, 3.63) is 64.6 Å². The lowest BCUT2D eigenvalue weighted by Crippen LogP contribution is -2.35. The van der Waals surface area contributed by atoms with Crippen molar-refractivity contribution in [2.75, 3.05) is 16.6 Å². The van der Waals surface area contributed by atoms with Crippen molar-refractivity contribution in [1.29, 1.82) is 0 Å². The van der Waals surface area contributed by atoms with Crippen LogP contribution in [0.5, 0.6) is 0 Å². The Bertz CT molecular complexity index is 1130. The molecule has 0 aliphatic rings. The van der Waals surface area contributed by atoms with Gasteiger partial charge in [-0.25, -0.2) is 8.42 Å². The third-order valence-corrected chi connectivity index (χ3v) is 6.03. The number of hydrogen-bond acceptors (Lipinski definition) is 4. The van der Waals surface area contributed by atoms with Gasteiger partial charge in [0.05, 0.1) is 10.6 Å². The molecule has 0 saturated carbocycles. The van der Waals surface area contributed by atoms with Gasteiger partial charge in [-0.05, 0) is 53.2 Å². The highest BCUT2D eigenvalue weighted by molar-refractivity contribution is 7.92. The van der Waals surface area contributed by atoms with E-state index in [0.717, 1.165) is 9.69 Å². The quantitative estimate of drug-likeness (QED) is 0.602. The van der Waals surface area contributed by atoms with Crippen LogP contribution in [0.4, 0.5) is 11.4 Å². The molecule has 3 aromatic rings. The fraction of sp³-hybridized carbons (Fsp3) is 0.0556. The molecular formula is C18H14Cl2N2O4S. The SMILES string of the molecule is Nc1ccc2ccc(N(CC(=O)O)S(=O)(=O)c3cc(Cl)cc(Cl)c3)cc2c1. The molecule has 0 bridgehead atoms. The van der Waals surface area contributed by atoms with Crippen LogP contribution in [0.3, 0.4) is 0 Å². The monoisotopic (exact) mass is 424 g/mol. The van der Waals surface area contributed by atoms with Crippen molar-refractivity contribution in [3.8, 4) is 0 Å². The summed E-state index contributed by atoms with van der Waals surface area (Å²) in [6, 6.07) is 13.8. The molecule has 0 heterocycles. The topological polar surface area (TPSA) is 101 Å². The van der Waals surface area contributed by atoms with Crippen molar-refractivity contribution >= 4 is 61.3 Å². The largest absolute Gasteiger partial charge is 0.480 e. The zero-order chi connectivity index (χ0) is 19.8. The zero-order valence-corrected chi connectivity index (χ0v) is 16.1. The standard InChI is InChI=1S/C18H14Cl2N2O4S/c19-13-7-14(20)9-17(8-13)27(25,26)22(10-18(23)24)16-4-2-11-1-3-15(21)5-12(11)6-16/h1-9H,10,21H2,(H,23,24). The number of carboxylic acids is 1. The third kappa shape index (κ3) is 4.10. The van der Waals surface area contributed by atoms with Crippen LogP contribution in [0.25, 0.3) is 10.8 Å². The Morgan fingerprint density at radius 3 is 2.22 bits per heavy atom. The second-order valence-electron chi connectivity index (χ2n) is 5.80. The highest BCUT2D eigenvalue weighted by atomic mass is 35.5. The van der Waals surface area contributed by atoms with Gasteiger partial charge < -0.3 is 10.8 Å². The van der Waals surface area contributed by atoms with Crippen LogP contribution in [-0.4, -0.2) is 26.0 Å². The van der Waals surface area contributed by atoms with Crippen LogP contribution in [0, 0.1) is 0 Å². The van der Waals surface area contributed by atoms with E-state index in [1.807, 2.05) is 0 Å². The van der Waals surface area contributed by atoms with Gasteiger partial charge in [0.25, 0.3) is 10.0 Å². The van der Waals surface area contributed by atoms with Gasteiger partial charge in [-0.1, -0.05) is 35.3 Å². The summed E-state index contributed by atoms with van der Waals surface area (Å²) in [6.45, 7) is -0.764. The smallest absolute Gasteiger partial charge is 0.324 e. The minimum atomic E-state index is -4.22. The number of carboxylic acid groups (broad SMARTS) is 1. The first kappa shape index (κ1) is 19.3. The molecule has 0 aromatic heterocycles. The molecule has 0 aliphatic carbocycles. The molecule has 3 rings (SSSR count). The van der Waals surface area contributed by atoms with Gasteiger partial charge >= 0.3 is 5.97 Å². The van der Waals surface area contributed by atoms with E-state index in [2.05, 4.69) is 0 Å². The summed E-state index contributed by atoms with van der Waals surface area (Å²) in [6.07, 6.45) is 0. The highest BCUT2D eigenvalue weighted by Crippen LogP contribution is 2.30. The lowest BCUT2D eigenvalue weighted by Gasteiger charge is -2.23. The first-order valence-electron chi connectivity index (χ1n) is 7.67. The van der Waals surface area contributed by atoms with E-state index in [4.69, 9.17) is 28.9 Å². The van der Waals surface area contributed by atoms with Crippen LogP contribution < -0.4 is 10.0 Å². The van der Waals surface area contributed by atoms with Crippen molar-refractivity contribution in [1.82, 2.24) is 0 Å². The summed E-state index contributed by atoms with van der Waals surface area (Å²) < 4.78 is 27.0. The lowest BCUT2D eigenvalue weighted by molar-refractivity contribution is -0.135. The van der Waals surface area contributed by atoms with Crippen LogP contribution >= 0.6 is 23.2 Å². The van der Waals surface area contributed by atoms with Crippen molar-refractivity contribution in [3.63, 3.8) is 0 Å². The van der Waals surface area contributed by atoms with E-state index in [0.29, 0.717) is 11.1 Å². The van der Waals surface area contributed by atoms with Gasteiger partial charge in [0.15, 0.2) is 0 Å². The first-order valence-corrected chi connectivity index (χ1v) is 9.86. The molecule has 0 atom stereocenters. The van der Waals surface area contributed by atoms with E-state index in [-0.39, 0.29) is 20.6 Å². The number of fused-ring (bicyclic) bond motifs is 1. The van der Waals surface area contributed by atoms with Crippen molar-refractivity contribution in [2.24, 2.45) is 0 Å². The van der Waals surface area contributed by atoms with Crippen LogP contribution in [-0.2, 0) is 14.8 Å². The van der Waals surface area contributed by atoms with Crippen LogP contribution in [0.2, 0.25) is 10.0 Å². The summed E-state index contributed by atoms with van der Waals surface area (Å²) in [5, 5.41) is 11.0. The molecule has 3 aromatic carbocycles. The fourth-order valence-electron chi connectivity index (χ4n) is 2.65. The first-order chi connectivity index (χ1) is 12.7. The maximum atomic E-state index is 13.1. The molecule has 0 saturated heterocycles. The molecule has 6 nitrogen and oxygen atoms in total. The Morgan fingerprint density at radius 1 is 0.963 bits per heavy atom. The Kier molecular flexibility index (Phi) is 5.19. The van der Waals surface area contributed by atoms with Crippen molar-refractivity contribution < 1.29 is 18.3 Å².